The summed E-state index contributed by atoms with van der Waals surface area (Å²) >= 11 is 12.3. The van der Waals surface area contributed by atoms with Crippen LogP contribution in [0.2, 0.25) is 10.2 Å². The van der Waals surface area contributed by atoms with Crippen LogP contribution in [0.5, 0.6) is 0 Å². The zero-order valence-electron chi connectivity index (χ0n) is 17.7. The van der Waals surface area contributed by atoms with E-state index in [0.29, 0.717) is 32.3 Å². The molecule has 32 heavy (non-hydrogen) atoms. The zero-order valence-corrected chi connectivity index (χ0v) is 19.2. The van der Waals surface area contributed by atoms with Gasteiger partial charge in [0.25, 0.3) is 0 Å². The van der Waals surface area contributed by atoms with Crippen LogP contribution in [-0.4, -0.2) is 48.3 Å². The Morgan fingerprint density at radius 2 is 1.91 bits per heavy atom. The molecule has 2 aliphatic rings. The van der Waals surface area contributed by atoms with E-state index < -0.39 is 35.9 Å². The first kappa shape index (κ1) is 22.0. The minimum Gasteiger partial charge on any atom is -0.392 e. The van der Waals surface area contributed by atoms with Gasteiger partial charge in [-0.3, -0.25) is 0 Å². The van der Waals surface area contributed by atoms with Crippen LogP contribution >= 0.6 is 23.2 Å². The SMILES string of the molecule is CC1(C)O[C@H]2[C@H](n3ccc4c(Cl)ncnc43)O[C@](C)([C@H](O)c3ccc(Cl)cc3CO)[C@H]2O1. The van der Waals surface area contributed by atoms with Crippen molar-refractivity contribution in [2.45, 2.75) is 63.3 Å². The second kappa shape index (κ2) is 7.63. The van der Waals surface area contributed by atoms with Crippen molar-refractivity contribution in [2.75, 3.05) is 0 Å². The number of halogens is 2. The number of fused-ring (bicyclic) bond motifs is 2. The van der Waals surface area contributed by atoms with Gasteiger partial charge in [-0.25, -0.2) is 9.97 Å². The van der Waals surface area contributed by atoms with E-state index in [-0.39, 0.29) is 6.61 Å². The fraction of sp³-hybridized carbons (Fsp3) is 0.455. The molecule has 3 aromatic rings. The van der Waals surface area contributed by atoms with Gasteiger partial charge in [-0.15, -0.1) is 0 Å². The number of aliphatic hydroxyl groups excluding tert-OH is 2. The van der Waals surface area contributed by atoms with Crippen molar-refractivity contribution in [3.63, 3.8) is 0 Å². The number of rotatable bonds is 4. The molecule has 0 spiro atoms. The van der Waals surface area contributed by atoms with Crippen LogP contribution in [0, 0.1) is 0 Å². The minimum atomic E-state index is -1.20. The first-order chi connectivity index (χ1) is 15.1. The maximum absolute atomic E-state index is 11.5. The molecule has 0 amide bonds. The van der Waals surface area contributed by atoms with Crippen LogP contribution in [0.25, 0.3) is 11.0 Å². The Labute approximate surface area is 194 Å². The van der Waals surface area contributed by atoms with Crippen molar-refractivity contribution < 1.29 is 24.4 Å². The third kappa shape index (κ3) is 3.33. The molecule has 0 bridgehead atoms. The molecular weight excluding hydrogens is 457 g/mol. The smallest absolute Gasteiger partial charge is 0.165 e. The largest absolute Gasteiger partial charge is 0.392 e. The van der Waals surface area contributed by atoms with E-state index >= 15 is 0 Å². The van der Waals surface area contributed by atoms with Crippen molar-refractivity contribution >= 4 is 34.2 Å². The standard InChI is InChI=1S/C22H23Cl2N3O5/c1-21(2)30-15-17(31-21)22(3,16(29)13-5-4-12(23)8-11(13)9-28)32-20(15)27-7-6-14-18(24)25-10-26-19(14)27/h4-8,10,15-17,20,28-29H,9H2,1-3H3/t15-,16-,17+,20-,22-/m1/s1. The Balaban J connectivity index is 1.60. The van der Waals surface area contributed by atoms with Gasteiger partial charge in [0.2, 0.25) is 0 Å². The molecule has 2 N–H and O–H groups in total. The lowest BCUT2D eigenvalue weighted by Gasteiger charge is -2.36. The highest BCUT2D eigenvalue weighted by atomic mass is 35.5. The van der Waals surface area contributed by atoms with Gasteiger partial charge >= 0.3 is 0 Å². The molecule has 170 valence electrons. The van der Waals surface area contributed by atoms with Gasteiger partial charge in [-0.1, -0.05) is 29.3 Å². The van der Waals surface area contributed by atoms with Crippen molar-refractivity contribution in [3.05, 3.63) is 58.1 Å². The van der Waals surface area contributed by atoms with Crippen molar-refractivity contribution in [1.29, 1.82) is 0 Å². The van der Waals surface area contributed by atoms with Crippen LogP contribution < -0.4 is 0 Å². The average molecular weight is 480 g/mol. The van der Waals surface area contributed by atoms with Gasteiger partial charge in [0.15, 0.2) is 12.0 Å². The van der Waals surface area contributed by atoms with E-state index in [4.69, 9.17) is 37.4 Å². The van der Waals surface area contributed by atoms with Gasteiger partial charge in [0, 0.05) is 11.2 Å². The first-order valence-corrected chi connectivity index (χ1v) is 11.0. The van der Waals surface area contributed by atoms with E-state index in [1.165, 1.54) is 6.33 Å². The van der Waals surface area contributed by atoms with Gasteiger partial charge in [-0.2, -0.15) is 0 Å². The number of aliphatic hydroxyl groups is 2. The lowest BCUT2D eigenvalue weighted by molar-refractivity contribution is -0.235. The third-order valence-electron chi connectivity index (χ3n) is 6.20. The molecule has 0 saturated carbocycles. The summed E-state index contributed by atoms with van der Waals surface area (Å²) in [5.41, 5.74) is 0.408. The Bertz CT molecular complexity index is 1190. The quantitative estimate of drug-likeness (QED) is 0.549. The highest BCUT2D eigenvalue weighted by Gasteiger charge is 2.64. The summed E-state index contributed by atoms with van der Waals surface area (Å²) in [6.45, 7) is 5.15. The monoisotopic (exact) mass is 479 g/mol. The van der Waals surface area contributed by atoms with E-state index in [1.807, 2.05) is 24.5 Å². The molecule has 8 nitrogen and oxygen atoms in total. The molecule has 5 rings (SSSR count). The molecule has 0 aliphatic carbocycles. The summed E-state index contributed by atoms with van der Waals surface area (Å²) in [6, 6.07) is 6.79. The number of benzene rings is 1. The predicted octanol–water partition coefficient (Wildman–Crippen LogP) is 3.77. The van der Waals surface area contributed by atoms with E-state index in [1.54, 1.807) is 31.3 Å². The molecule has 1 aromatic carbocycles. The van der Waals surface area contributed by atoms with Crippen LogP contribution in [0.15, 0.2) is 36.8 Å². The van der Waals surface area contributed by atoms with Crippen LogP contribution in [0.3, 0.4) is 0 Å². The van der Waals surface area contributed by atoms with Gasteiger partial charge in [0.05, 0.1) is 12.0 Å². The Hall–Kier alpha value is -1.78. The first-order valence-electron chi connectivity index (χ1n) is 10.2. The van der Waals surface area contributed by atoms with Gasteiger partial charge < -0.3 is 29.0 Å². The summed E-state index contributed by atoms with van der Waals surface area (Å²) in [5.74, 6) is -0.881. The van der Waals surface area contributed by atoms with Gasteiger partial charge in [-0.05, 0) is 50.1 Å². The zero-order chi connectivity index (χ0) is 22.8. The van der Waals surface area contributed by atoms with Crippen LogP contribution in [0.4, 0.5) is 0 Å². The Morgan fingerprint density at radius 3 is 2.66 bits per heavy atom. The highest BCUT2D eigenvalue weighted by Crippen LogP contribution is 2.53. The number of hydrogen-bond acceptors (Lipinski definition) is 7. The van der Waals surface area contributed by atoms with Crippen molar-refractivity contribution in [1.82, 2.24) is 14.5 Å². The minimum absolute atomic E-state index is 0.277. The normalized spacial score (nSPS) is 30.0. The fourth-order valence-electron chi connectivity index (χ4n) is 4.70. The molecule has 5 atom stereocenters. The number of ether oxygens (including phenoxy) is 3. The Kier molecular flexibility index (Phi) is 5.25. The summed E-state index contributed by atoms with van der Waals surface area (Å²) in [4.78, 5) is 8.40. The lowest BCUT2D eigenvalue weighted by Crippen LogP contribution is -2.46. The second-order valence-electron chi connectivity index (χ2n) is 8.74. The molecule has 10 heteroatoms. The molecular formula is C22H23Cl2N3O5. The lowest BCUT2D eigenvalue weighted by atomic mass is 9.85. The maximum Gasteiger partial charge on any atom is 0.165 e. The summed E-state index contributed by atoms with van der Waals surface area (Å²) in [7, 11) is 0. The molecule has 2 aliphatic heterocycles. The average Bonchev–Trinajstić information content (AvgIpc) is 3.39. The number of nitrogens with zero attached hydrogens (tertiary/aromatic N) is 3. The predicted molar refractivity (Wildman–Crippen MR) is 117 cm³/mol. The van der Waals surface area contributed by atoms with Crippen LogP contribution in [0.1, 0.15) is 44.2 Å². The summed E-state index contributed by atoms with van der Waals surface area (Å²) < 4.78 is 20.8. The van der Waals surface area contributed by atoms with E-state index in [9.17, 15) is 10.2 Å². The van der Waals surface area contributed by atoms with Crippen LogP contribution in [-0.2, 0) is 20.8 Å². The molecule has 0 unspecified atom stereocenters. The molecule has 2 saturated heterocycles. The number of hydrogen-bond donors (Lipinski definition) is 2. The maximum atomic E-state index is 11.5. The second-order valence-corrected chi connectivity index (χ2v) is 9.54. The number of aromatic nitrogens is 3. The molecule has 4 heterocycles. The van der Waals surface area contributed by atoms with Gasteiger partial charge in [0.1, 0.15) is 41.0 Å². The molecule has 2 fully saturated rings. The molecule has 2 aromatic heterocycles. The van der Waals surface area contributed by atoms with E-state index in [0.717, 1.165) is 0 Å². The summed E-state index contributed by atoms with van der Waals surface area (Å²) in [5, 5.41) is 22.8. The Morgan fingerprint density at radius 1 is 1.12 bits per heavy atom. The molecule has 0 radical (unpaired) electrons. The third-order valence-corrected chi connectivity index (χ3v) is 6.73. The van der Waals surface area contributed by atoms with Crippen molar-refractivity contribution in [3.8, 4) is 0 Å². The highest BCUT2D eigenvalue weighted by molar-refractivity contribution is 6.33. The summed E-state index contributed by atoms with van der Waals surface area (Å²) in [6.07, 6.45) is 0.292. The van der Waals surface area contributed by atoms with Crippen molar-refractivity contribution in [2.24, 2.45) is 0 Å². The fourth-order valence-corrected chi connectivity index (χ4v) is 5.09. The topological polar surface area (TPSA) is 98.9 Å². The van der Waals surface area contributed by atoms with E-state index in [2.05, 4.69) is 9.97 Å².